The maximum absolute atomic E-state index is 5.90. The van der Waals surface area contributed by atoms with E-state index in [0.717, 1.165) is 65.4 Å². The van der Waals surface area contributed by atoms with Gasteiger partial charge in [-0.3, -0.25) is 4.57 Å². The van der Waals surface area contributed by atoms with E-state index in [0.29, 0.717) is 0 Å². The van der Waals surface area contributed by atoms with Crippen molar-refractivity contribution < 1.29 is 9.47 Å². The molecule has 1 aromatic carbocycles. The largest absolute Gasteiger partial charge is 0.497 e. The number of aryl methyl sites for hydroxylation is 1. The number of fused-ring (bicyclic) bond motifs is 1. The molecule has 8 heteroatoms. The smallest absolute Gasteiger partial charge is 0.191 e. The second kappa shape index (κ2) is 8.72. The van der Waals surface area contributed by atoms with Crippen LogP contribution in [-0.4, -0.2) is 44.0 Å². The third-order valence-corrected chi connectivity index (χ3v) is 6.47. The highest BCUT2D eigenvalue weighted by atomic mass is 32.2. The molecule has 1 atom stereocenters. The zero-order valence-electron chi connectivity index (χ0n) is 17.7. The monoisotopic (exact) mass is 435 g/mol. The molecule has 1 fully saturated rings. The number of ether oxygens (including phenoxy) is 2. The van der Waals surface area contributed by atoms with Crippen LogP contribution in [0.1, 0.15) is 24.1 Å². The van der Waals surface area contributed by atoms with Gasteiger partial charge in [0, 0.05) is 30.3 Å². The van der Waals surface area contributed by atoms with Crippen LogP contribution < -0.4 is 4.74 Å². The number of methoxy groups -OCH3 is 1. The lowest BCUT2D eigenvalue weighted by Gasteiger charge is -2.14. The summed E-state index contributed by atoms with van der Waals surface area (Å²) in [5, 5.41) is 9.92. The molecule has 3 aromatic heterocycles. The number of thioether (sulfide) groups is 1. The number of hydrogen-bond donors (Lipinski definition) is 0. The maximum Gasteiger partial charge on any atom is 0.191 e. The average molecular weight is 436 g/mol. The molecule has 4 heterocycles. The fourth-order valence-electron chi connectivity index (χ4n) is 3.87. The van der Waals surface area contributed by atoms with Crippen LogP contribution in [0.4, 0.5) is 0 Å². The van der Waals surface area contributed by atoms with Gasteiger partial charge in [0.05, 0.1) is 25.5 Å². The third kappa shape index (κ3) is 4.31. The molecule has 1 aliphatic heterocycles. The normalized spacial score (nSPS) is 16.3. The first-order valence-electron chi connectivity index (χ1n) is 10.5. The van der Waals surface area contributed by atoms with Crippen molar-refractivity contribution in [2.24, 2.45) is 0 Å². The molecule has 0 amide bonds. The minimum Gasteiger partial charge on any atom is -0.497 e. The lowest BCUT2D eigenvalue weighted by atomic mass is 10.2. The van der Waals surface area contributed by atoms with Gasteiger partial charge in [-0.15, -0.1) is 10.2 Å². The van der Waals surface area contributed by atoms with Crippen LogP contribution in [0, 0.1) is 6.92 Å². The Kier molecular flexibility index (Phi) is 5.65. The van der Waals surface area contributed by atoms with Gasteiger partial charge in [-0.25, -0.2) is 4.98 Å². The van der Waals surface area contributed by atoms with Crippen LogP contribution >= 0.6 is 11.8 Å². The van der Waals surface area contributed by atoms with Crippen LogP contribution in [0.5, 0.6) is 5.75 Å². The summed E-state index contributed by atoms with van der Waals surface area (Å²) in [6.07, 6.45) is 6.55. The summed E-state index contributed by atoms with van der Waals surface area (Å²) in [5.41, 5.74) is 4.21. The summed E-state index contributed by atoms with van der Waals surface area (Å²) in [5.74, 6) is 2.41. The Balaban J connectivity index is 1.41. The highest BCUT2D eigenvalue weighted by Crippen LogP contribution is 2.29. The highest BCUT2D eigenvalue weighted by molar-refractivity contribution is 7.98. The highest BCUT2D eigenvalue weighted by Gasteiger charge is 2.22. The molecular formula is C23H25N5O2S. The number of aromatic nitrogens is 5. The van der Waals surface area contributed by atoms with Crippen molar-refractivity contribution in [1.82, 2.24) is 24.1 Å². The number of hydrogen-bond acceptors (Lipinski definition) is 6. The van der Waals surface area contributed by atoms with Crippen LogP contribution in [0.25, 0.3) is 17.0 Å². The molecule has 4 aromatic rings. The van der Waals surface area contributed by atoms with Crippen molar-refractivity contribution >= 4 is 17.4 Å². The van der Waals surface area contributed by atoms with Crippen LogP contribution in [-0.2, 0) is 17.0 Å². The van der Waals surface area contributed by atoms with Crippen molar-refractivity contribution in [2.75, 3.05) is 13.7 Å². The van der Waals surface area contributed by atoms with Gasteiger partial charge in [-0.1, -0.05) is 17.8 Å². The van der Waals surface area contributed by atoms with E-state index in [4.69, 9.17) is 14.5 Å². The van der Waals surface area contributed by atoms with E-state index in [2.05, 4.69) is 44.5 Å². The molecule has 1 saturated heterocycles. The van der Waals surface area contributed by atoms with E-state index < -0.39 is 0 Å². The van der Waals surface area contributed by atoms with Crippen molar-refractivity contribution in [3.05, 3.63) is 60.0 Å². The first-order valence-corrected chi connectivity index (χ1v) is 11.4. The summed E-state index contributed by atoms with van der Waals surface area (Å²) >= 11 is 1.66. The minimum atomic E-state index is 0.200. The van der Waals surface area contributed by atoms with Crippen LogP contribution in [0.3, 0.4) is 0 Å². The Hall–Kier alpha value is -2.84. The summed E-state index contributed by atoms with van der Waals surface area (Å²) in [7, 11) is 1.67. The molecule has 0 unspecified atom stereocenters. The Morgan fingerprint density at radius 3 is 2.77 bits per heavy atom. The standard InChI is InChI=1S/C23H25N5O2S/c1-16-5-10-21-24-18(13-27(21)12-16)15-31-23-26-25-22(17-6-8-19(29-2)9-7-17)28(23)14-20-4-3-11-30-20/h5-10,12-13,20H,3-4,11,14-15H2,1-2H3/t20-/m1/s1. The zero-order valence-corrected chi connectivity index (χ0v) is 18.5. The molecular weight excluding hydrogens is 410 g/mol. The second-order valence-corrected chi connectivity index (χ2v) is 8.72. The predicted molar refractivity (Wildman–Crippen MR) is 120 cm³/mol. The molecule has 7 nitrogen and oxygen atoms in total. The van der Waals surface area contributed by atoms with Crippen LogP contribution in [0.2, 0.25) is 0 Å². The fraction of sp³-hybridized carbons (Fsp3) is 0.348. The van der Waals surface area contributed by atoms with E-state index in [1.165, 1.54) is 5.56 Å². The van der Waals surface area contributed by atoms with Gasteiger partial charge in [-0.2, -0.15) is 0 Å². The SMILES string of the molecule is COc1ccc(-c2nnc(SCc3cn4cc(C)ccc4n3)n2C[C@H]2CCCO2)cc1. The fourth-order valence-corrected chi connectivity index (χ4v) is 4.70. The Labute approximate surface area is 185 Å². The lowest BCUT2D eigenvalue weighted by molar-refractivity contribution is 0.0953. The summed E-state index contributed by atoms with van der Waals surface area (Å²) in [4.78, 5) is 4.73. The number of nitrogens with zero attached hydrogens (tertiary/aromatic N) is 5. The number of imidazole rings is 1. The molecule has 0 radical (unpaired) electrons. The molecule has 0 saturated carbocycles. The molecule has 0 aliphatic carbocycles. The molecule has 0 N–H and O–H groups in total. The topological polar surface area (TPSA) is 66.5 Å². The van der Waals surface area contributed by atoms with E-state index in [1.807, 2.05) is 30.3 Å². The first kappa shape index (κ1) is 20.1. The molecule has 160 valence electrons. The number of rotatable bonds is 7. The Bertz CT molecular complexity index is 1180. The predicted octanol–water partition coefficient (Wildman–Crippen LogP) is 4.38. The van der Waals surface area contributed by atoms with Crippen molar-refractivity contribution in [3.63, 3.8) is 0 Å². The second-order valence-electron chi connectivity index (χ2n) is 7.77. The van der Waals surface area contributed by atoms with Gasteiger partial charge in [0.25, 0.3) is 0 Å². The third-order valence-electron chi connectivity index (χ3n) is 5.47. The molecule has 5 rings (SSSR count). The van der Waals surface area contributed by atoms with Gasteiger partial charge in [0.2, 0.25) is 0 Å². The van der Waals surface area contributed by atoms with Crippen molar-refractivity contribution in [2.45, 2.75) is 43.3 Å². The maximum atomic E-state index is 5.90. The van der Waals surface area contributed by atoms with Crippen LogP contribution in [0.15, 0.2) is 53.9 Å². The van der Waals surface area contributed by atoms with Gasteiger partial charge in [-0.05, 0) is 55.7 Å². The van der Waals surface area contributed by atoms with E-state index in [-0.39, 0.29) is 6.10 Å². The average Bonchev–Trinajstić information content (AvgIpc) is 3.52. The van der Waals surface area contributed by atoms with E-state index in [1.54, 1.807) is 18.9 Å². The van der Waals surface area contributed by atoms with E-state index in [9.17, 15) is 0 Å². The number of pyridine rings is 1. The Morgan fingerprint density at radius 2 is 2.00 bits per heavy atom. The minimum absolute atomic E-state index is 0.200. The molecule has 0 spiro atoms. The zero-order chi connectivity index (χ0) is 21.2. The lowest BCUT2D eigenvalue weighted by Crippen LogP contribution is -2.16. The molecule has 0 bridgehead atoms. The Morgan fingerprint density at radius 1 is 1.13 bits per heavy atom. The summed E-state index contributed by atoms with van der Waals surface area (Å²) in [6, 6.07) is 12.1. The summed E-state index contributed by atoms with van der Waals surface area (Å²) in [6.45, 7) is 3.66. The van der Waals surface area contributed by atoms with Gasteiger partial charge in [0.1, 0.15) is 11.4 Å². The summed E-state index contributed by atoms with van der Waals surface area (Å²) < 4.78 is 15.5. The van der Waals surface area contributed by atoms with Gasteiger partial charge in [0.15, 0.2) is 11.0 Å². The van der Waals surface area contributed by atoms with Gasteiger partial charge >= 0.3 is 0 Å². The van der Waals surface area contributed by atoms with Crippen molar-refractivity contribution in [1.29, 1.82) is 0 Å². The van der Waals surface area contributed by atoms with E-state index >= 15 is 0 Å². The van der Waals surface area contributed by atoms with Gasteiger partial charge < -0.3 is 13.9 Å². The van der Waals surface area contributed by atoms with Crippen molar-refractivity contribution in [3.8, 4) is 17.1 Å². The quantitative estimate of drug-likeness (QED) is 0.401. The molecule has 31 heavy (non-hydrogen) atoms. The first-order chi connectivity index (χ1) is 15.2. The number of benzene rings is 1. The molecule has 1 aliphatic rings.